The lowest BCUT2D eigenvalue weighted by Gasteiger charge is -2.31. The number of imidazole rings is 1. The maximum atomic E-state index is 13.3. The smallest absolute Gasteiger partial charge is 0.310 e. The van der Waals surface area contributed by atoms with Crippen LogP contribution >= 0.6 is 0 Å². The van der Waals surface area contributed by atoms with Gasteiger partial charge in [-0.05, 0) is 62.4 Å². The number of likely N-dealkylation sites (tertiary alicyclic amines) is 1. The van der Waals surface area contributed by atoms with Crippen molar-refractivity contribution in [2.75, 3.05) is 25.0 Å². The number of anilines is 1. The maximum Gasteiger partial charge on any atom is 0.310 e. The first-order chi connectivity index (χ1) is 20.4. The van der Waals surface area contributed by atoms with Gasteiger partial charge in [-0.25, -0.2) is 4.98 Å². The molecule has 0 aliphatic carbocycles. The summed E-state index contributed by atoms with van der Waals surface area (Å²) in [5.74, 6) is -0.298. The van der Waals surface area contributed by atoms with Gasteiger partial charge in [-0.3, -0.25) is 28.9 Å². The van der Waals surface area contributed by atoms with E-state index in [1.165, 1.54) is 0 Å². The molecule has 1 aliphatic rings. The van der Waals surface area contributed by atoms with Gasteiger partial charge >= 0.3 is 5.97 Å². The topological polar surface area (TPSA) is 111 Å². The molecular weight excluding hydrogens is 532 g/mol. The summed E-state index contributed by atoms with van der Waals surface area (Å²) in [5, 5.41) is 7.20. The van der Waals surface area contributed by atoms with E-state index >= 15 is 0 Å². The van der Waals surface area contributed by atoms with Gasteiger partial charge in [0, 0.05) is 55.8 Å². The number of nitrogens with one attached hydrogen (secondary N) is 1. The highest BCUT2D eigenvalue weighted by molar-refractivity contribution is 6.04. The molecule has 0 radical (unpaired) electrons. The maximum absolute atomic E-state index is 13.3. The monoisotopic (exact) mass is 568 g/mol. The average Bonchev–Trinajstić information content (AvgIpc) is 3.63. The minimum atomic E-state index is -0.272. The predicted octanol–water partition coefficient (Wildman–Crippen LogP) is 4.65. The number of ether oxygens (including phenoxy) is 1. The Morgan fingerprint density at radius 3 is 2.64 bits per heavy atom. The molecule has 218 valence electrons. The Bertz CT molecular complexity index is 1540. The number of rotatable bonds is 10. The molecule has 1 N–H and O–H groups in total. The van der Waals surface area contributed by atoms with Crippen molar-refractivity contribution in [3.05, 3.63) is 84.4 Å². The quantitative estimate of drug-likeness (QED) is 0.279. The van der Waals surface area contributed by atoms with E-state index in [4.69, 9.17) is 9.72 Å². The Labute approximate surface area is 245 Å². The highest BCUT2D eigenvalue weighted by atomic mass is 16.5. The number of aromatic nitrogens is 4. The summed E-state index contributed by atoms with van der Waals surface area (Å²) in [4.78, 5) is 44.9. The van der Waals surface area contributed by atoms with E-state index in [-0.39, 0.29) is 23.7 Å². The van der Waals surface area contributed by atoms with Crippen molar-refractivity contribution in [3.8, 4) is 16.8 Å². The van der Waals surface area contributed by atoms with Crippen molar-refractivity contribution >= 4 is 23.7 Å². The molecule has 4 aromatic rings. The Kier molecular flexibility index (Phi) is 9.11. The van der Waals surface area contributed by atoms with Crippen LogP contribution in [0.15, 0.2) is 73.2 Å². The molecule has 1 fully saturated rings. The van der Waals surface area contributed by atoms with Crippen molar-refractivity contribution in [2.24, 2.45) is 13.0 Å². The Balaban J connectivity index is 1.26. The molecule has 0 spiro atoms. The van der Waals surface area contributed by atoms with Gasteiger partial charge in [-0.15, -0.1) is 0 Å². The third kappa shape index (κ3) is 6.94. The molecule has 0 saturated carbocycles. The molecule has 2 aromatic carbocycles. The van der Waals surface area contributed by atoms with E-state index < -0.39 is 0 Å². The van der Waals surface area contributed by atoms with Crippen LogP contribution in [0.25, 0.3) is 16.8 Å². The molecule has 1 aliphatic heterocycles. The molecule has 1 atom stereocenters. The van der Waals surface area contributed by atoms with Crippen molar-refractivity contribution in [1.29, 1.82) is 0 Å². The summed E-state index contributed by atoms with van der Waals surface area (Å²) in [6, 6.07) is 17.1. The highest BCUT2D eigenvalue weighted by Gasteiger charge is 2.29. The van der Waals surface area contributed by atoms with Crippen molar-refractivity contribution in [3.63, 3.8) is 0 Å². The number of amides is 2. The first kappa shape index (κ1) is 28.8. The van der Waals surface area contributed by atoms with Crippen LogP contribution < -0.4 is 5.32 Å². The second-order valence-electron chi connectivity index (χ2n) is 10.5. The molecule has 5 rings (SSSR count). The molecule has 0 bridgehead atoms. The number of carbonyl (C=O) groups is 3. The van der Waals surface area contributed by atoms with E-state index in [1.807, 2.05) is 72.5 Å². The fourth-order valence-electron chi connectivity index (χ4n) is 5.24. The van der Waals surface area contributed by atoms with E-state index in [2.05, 4.69) is 10.4 Å². The largest absolute Gasteiger partial charge is 0.466 e. The zero-order chi connectivity index (χ0) is 29.5. The average molecular weight is 569 g/mol. The molecule has 10 nitrogen and oxygen atoms in total. The number of esters is 1. The van der Waals surface area contributed by atoms with Crippen LogP contribution in [-0.4, -0.2) is 61.7 Å². The third-order valence-electron chi connectivity index (χ3n) is 7.40. The van der Waals surface area contributed by atoms with Crippen molar-refractivity contribution in [2.45, 2.75) is 39.0 Å². The SMILES string of the molecule is CCOC(=O)[C@H]1CCCN(C(=O)CCCc2cn(-c3ccccc3)c(NC(=O)c3cccc(-c4cnn(C)c4)c3)n2)C1. The summed E-state index contributed by atoms with van der Waals surface area (Å²) >= 11 is 0. The summed E-state index contributed by atoms with van der Waals surface area (Å²) in [6.07, 6.45) is 8.65. The summed E-state index contributed by atoms with van der Waals surface area (Å²) in [7, 11) is 1.85. The van der Waals surface area contributed by atoms with Crippen LogP contribution in [0.1, 0.15) is 48.7 Å². The van der Waals surface area contributed by atoms with Crippen LogP contribution in [0.3, 0.4) is 0 Å². The predicted molar refractivity (Wildman–Crippen MR) is 159 cm³/mol. The van der Waals surface area contributed by atoms with Crippen LogP contribution in [-0.2, 0) is 27.8 Å². The fourth-order valence-corrected chi connectivity index (χ4v) is 5.24. The van der Waals surface area contributed by atoms with Gasteiger partial charge in [0.25, 0.3) is 5.91 Å². The van der Waals surface area contributed by atoms with E-state index in [0.717, 1.165) is 35.3 Å². The van der Waals surface area contributed by atoms with Crippen LogP contribution in [0.2, 0.25) is 0 Å². The van der Waals surface area contributed by atoms with Gasteiger partial charge < -0.3 is 9.64 Å². The zero-order valence-corrected chi connectivity index (χ0v) is 24.0. The lowest BCUT2D eigenvalue weighted by molar-refractivity contribution is -0.151. The number of nitrogens with zero attached hydrogens (tertiary/aromatic N) is 5. The summed E-state index contributed by atoms with van der Waals surface area (Å²) in [6.45, 7) is 3.22. The lowest BCUT2D eigenvalue weighted by Crippen LogP contribution is -2.42. The van der Waals surface area contributed by atoms with Crippen molar-refractivity contribution < 1.29 is 19.1 Å². The highest BCUT2D eigenvalue weighted by Crippen LogP contribution is 2.23. The van der Waals surface area contributed by atoms with Gasteiger partial charge in [0.15, 0.2) is 0 Å². The number of piperidine rings is 1. The van der Waals surface area contributed by atoms with Crippen LogP contribution in [0, 0.1) is 5.92 Å². The third-order valence-corrected chi connectivity index (χ3v) is 7.40. The fraction of sp³-hybridized carbons (Fsp3) is 0.344. The normalized spacial score (nSPS) is 14.9. The number of hydrogen-bond donors (Lipinski definition) is 1. The molecular formula is C32H36N6O4. The van der Waals surface area contributed by atoms with Crippen LogP contribution in [0.4, 0.5) is 5.95 Å². The van der Waals surface area contributed by atoms with Crippen LogP contribution in [0.5, 0.6) is 0 Å². The summed E-state index contributed by atoms with van der Waals surface area (Å²) < 4.78 is 8.74. The zero-order valence-electron chi connectivity index (χ0n) is 24.0. The molecule has 10 heteroatoms. The first-order valence-corrected chi connectivity index (χ1v) is 14.4. The number of benzene rings is 2. The Morgan fingerprint density at radius 2 is 1.88 bits per heavy atom. The number of hydrogen-bond acceptors (Lipinski definition) is 6. The van der Waals surface area contributed by atoms with E-state index in [1.54, 1.807) is 28.8 Å². The Morgan fingerprint density at radius 1 is 1.05 bits per heavy atom. The van der Waals surface area contributed by atoms with Gasteiger partial charge in [-0.2, -0.15) is 5.10 Å². The van der Waals surface area contributed by atoms with E-state index in [0.29, 0.717) is 50.5 Å². The standard InChI is InChI=1S/C32H36N6O4/c1-3-42-31(41)25-12-9-17-37(21-25)29(39)16-8-13-27-22-38(28-14-5-4-6-15-28)32(34-27)35-30(40)24-11-7-10-23(18-24)26-19-33-36(2)20-26/h4-7,10-11,14-15,18-20,22,25H,3,8-9,12-13,16-17,21H2,1-2H3,(H,34,35,40)/t25-/m0/s1. The second kappa shape index (κ2) is 13.3. The minimum Gasteiger partial charge on any atom is -0.466 e. The molecule has 3 heterocycles. The number of para-hydroxylation sites is 1. The molecule has 1 saturated heterocycles. The molecule has 2 aromatic heterocycles. The molecule has 2 amide bonds. The second-order valence-corrected chi connectivity index (χ2v) is 10.5. The van der Waals surface area contributed by atoms with E-state index in [9.17, 15) is 14.4 Å². The van der Waals surface area contributed by atoms with Gasteiger partial charge in [0.2, 0.25) is 11.9 Å². The molecule has 0 unspecified atom stereocenters. The Hall–Kier alpha value is -4.73. The lowest BCUT2D eigenvalue weighted by atomic mass is 9.97. The van der Waals surface area contributed by atoms with Gasteiger partial charge in [0.05, 0.1) is 24.4 Å². The number of carbonyl (C=O) groups excluding carboxylic acids is 3. The minimum absolute atomic E-state index is 0.0357. The first-order valence-electron chi connectivity index (χ1n) is 14.4. The number of aryl methyl sites for hydroxylation is 2. The van der Waals surface area contributed by atoms with Gasteiger partial charge in [-0.1, -0.05) is 30.3 Å². The molecule has 42 heavy (non-hydrogen) atoms. The van der Waals surface area contributed by atoms with Crippen molar-refractivity contribution in [1.82, 2.24) is 24.2 Å². The summed E-state index contributed by atoms with van der Waals surface area (Å²) in [5.41, 5.74) is 3.97. The van der Waals surface area contributed by atoms with Gasteiger partial charge in [0.1, 0.15) is 0 Å².